The van der Waals surface area contributed by atoms with E-state index in [1.807, 2.05) is 25.1 Å². The van der Waals surface area contributed by atoms with Crippen LogP contribution in [0.1, 0.15) is 82.2 Å². The van der Waals surface area contributed by atoms with E-state index in [9.17, 15) is 15.5 Å². The molecule has 2 heterocycles. The van der Waals surface area contributed by atoms with Gasteiger partial charge in [-0.05, 0) is 74.6 Å². The number of hydrogen-bond donors (Lipinski definition) is 2. The van der Waals surface area contributed by atoms with Crippen molar-refractivity contribution in [2.24, 2.45) is 10.8 Å². The maximum Gasteiger partial charge on any atom is 0.160 e. The summed E-state index contributed by atoms with van der Waals surface area (Å²) in [6.45, 7) is 6.33. The highest BCUT2D eigenvalue weighted by molar-refractivity contribution is 5.70. The standard InChI is InChI=1S/C33H35FN4O2/c1-31(13-6-16-39)29(40)22(19-35)18-32(2)28-24(11-14-33(31,32)3)27(23-7-4-5-8-25(23)34)37-30(38-28)21-12-15-36-26(17-21)20-9-10-20/h4-5,7-8,12,15,17,20,39-40H,6,9-11,13-14,16,18H2,1-3H3/t31-,32-,33+/m0/s1. The minimum atomic E-state index is -0.745. The molecule has 0 radical (unpaired) electrons. The smallest absolute Gasteiger partial charge is 0.160 e. The van der Waals surface area contributed by atoms with E-state index < -0.39 is 16.2 Å². The summed E-state index contributed by atoms with van der Waals surface area (Å²) < 4.78 is 15.3. The van der Waals surface area contributed by atoms with Crippen LogP contribution in [0, 0.1) is 28.0 Å². The van der Waals surface area contributed by atoms with Crippen molar-refractivity contribution in [2.75, 3.05) is 6.61 Å². The highest BCUT2D eigenvalue weighted by atomic mass is 19.1. The zero-order valence-electron chi connectivity index (χ0n) is 23.3. The van der Waals surface area contributed by atoms with Crippen LogP contribution in [0.3, 0.4) is 0 Å². The average Bonchev–Trinajstić information content (AvgIpc) is 3.82. The number of allylic oxidation sites excluding steroid dienone is 2. The molecule has 6 nitrogen and oxygen atoms in total. The average molecular weight is 539 g/mol. The molecule has 0 spiro atoms. The number of rotatable bonds is 6. The van der Waals surface area contributed by atoms with Crippen LogP contribution in [0.15, 0.2) is 53.9 Å². The minimum absolute atomic E-state index is 0.00323. The maximum atomic E-state index is 15.3. The topological polar surface area (TPSA) is 103 Å². The number of halogens is 1. The molecule has 3 aromatic rings. The van der Waals surface area contributed by atoms with Crippen LogP contribution < -0.4 is 0 Å². The lowest BCUT2D eigenvalue weighted by Crippen LogP contribution is -2.58. The first kappa shape index (κ1) is 26.6. The zero-order chi connectivity index (χ0) is 28.3. The van der Waals surface area contributed by atoms with Crippen molar-refractivity contribution in [1.29, 1.82) is 5.26 Å². The van der Waals surface area contributed by atoms with Crippen LogP contribution in [-0.4, -0.2) is 31.8 Å². The Bertz CT molecular complexity index is 1570. The van der Waals surface area contributed by atoms with Crippen molar-refractivity contribution in [3.05, 3.63) is 76.7 Å². The van der Waals surface area contributed by atoms with Gasteiger partial charge in [0, 0.05) is 51.9 Å². The highest BCUT2D eigenvalue weighted by Crippen LogP contribution is 2.67. The fraction of sp³-hybridized carbons (Fsp3) is 0.455. The van der Waals surface area contributed by atoms with Crippen LogP contribution in [0.5, 0.6) is 0 Å². The SMILES string of the molecule is C[C@]12CCc3c(-c4ccccc4F)nc(-c4ccnc(C5CC5)c4)nc3[C@]1(C)CC(C#N)=C(O)[C@]2(C)CCCO. The molecule has 40 heavy (non-hydrogen) atoms. The van der Waals surface area contributed by atoms with Crippen molar-refractivity contribution in [1.82, 2.24) is 15.0 Å². The van der Waals surface area contributed by atoms with Crippen molar-refractivity contribution < 1.29 is 14.6 Å². The normalized spacial score (nSPS) is 27.6. The largest absolute Gasteiger partial charge is 0.511 e. The molecule has 0 amide bonds. The van der Waals surface area contributed by atoms with Gasteiger partial charge >= 0.3 is 0 Å². The summed E-state index contributed by atoms with van der Waals surface area (Å²) in [6, 6.07) is 12.9. The second kappa shape index (κ2) is 9.49. The summed E-state index contributed by atoms with van der Waals surface area (Å²) >= 11 is 0. The van der Waals surface area contributed by atoms with E-state index in [1.54, 1.807) is 18.3 Å². The summed E-state index contributed by atoms with van der Waals surface area (Å²) in [5.74, 6) is 0.758. The number of nitrogens with zero attached hydrogens (tertiary/aromatic N) is 4. The van der Waals surface area contributed by atoms with E-state index in [0.29, 0.717) is 60.7 Å². The molecular weight excluding hydrogens is 503 g/mol. The molecule has 1 aromatic carbocycles. The molecule has 3 atom stereocenters. The predicted octanol–water partition coefficient (Wildman–Crippen LogP) is 6.95. The van der Waals surface area contributed by atoms with Gasteiger partial charge in [0.2, 0.25) is 0 Å². The Balaban J connectivity index is 1.63. The summed E-state index contributed by atoms with van der Waals surface area (Å²) in [6.07, 6.45) is 6.72. The third-order valence-corrected chi connectivity index (χ3v) is 10.3. The Kier molecular flexibility index (Phi) is 6.30. The van der Waals surface area contributed by atoms with Gasteiger partial charge in [-0.2, -0.15) is 5.26 Å². The lowest BCUT2D eigenvalue weighted by molar-refractivity contribution is -0.0523. The first-order chi connectivity index (χ1) is 19.2. The Morgan fingerprint density at radius 3 is 2.60 bits per heavy atom. The van der Waals surface area contributed by atoms with Crippen molar-refractivity contribution in [2.45, 2.75) is 77.0 Å². The van der Waals surface area contributed by atoms with E-state index in [-0.39, 0.29) is 18.2 Å². The summed E-state index contributed by atoms with van der Waals surface area (Å²) in [5.41, 5.74) is 3.06. The molecule has 0 unspecified atom stereocenters. The number of nitriles is 1. The van der Waals surface area contributed by atoms with Crippen LogP contribution in [0.4, 0.5) is 4.39 Å². The Hall–Kier alpha value is -3.63. The molecule has 0 aliphatic heterocycles. The molecule has 1 fully saturated rings. The number of aliphatic hydroxyl groups is 2. The summed E-state index contributed by atoms with van der Waals surface area (Å²) in [4.78, 5) is 14.8. The van der Waals surface area contributed by atoms with Gasteiger partial charge in [-0.3, -0.25) is 4.98 Å². The van der Waals surface area contributed by atoms with Crippen LogP contribution in [0.2, 0.25) is 0 Å². The highest BCUT2D eigenvalue weighted by Gasteiger charge is 2.64. The molecule has 7 heteroatoms. The second-order valence-corrected chi connectivity index (χ2v) is 12.4. The molecule has 2 N–H and O–H groups in total. The number of aliphatic hydroxyl groups excluding tert-OH is 2. The van der Waals surface area contributed by atoms with Gasteiger partial charge in [0.05, 0.1) is 23.0 Å². The van der Waals surface area contributed by atoms with Gasteiger partial charge in [0.1, 0.15) is 11.6 Å². The molecular formula is C33H35FN4O2. The van der Waals surface area contributed by atoms with Gasteiger partial charge in [0.25, 0.3) is 0 Å². The zero-order valence-corrected chi connectivity index (χ0v) is 23.3. The van der Waals surface area contributed by atoms with Gasteiger partial charge in [0.15, 0.2) is 5.82 Å². The van der Waals surface area contributed by atoms with Crippen LogP contribution in [-0.2, 0) is 11.8 Å². The van der Waals surface area contributed by atoms with Crippen LogP contribution >= 0.6 is 0 Å². The van der Waals surface area contributed by atoms with E-state index in [4.69, 9.17) is 9.97 Å². The summed E-state index contributed by atoms with van der Waals surface area (Å²) in [7, 11) is 0. The second-order valence-electron chi connectivity index (χ2n) is 12.4. The van der Waals surface area contributed by atoms with Crippen LogP contribution in [0.25, 0.3) is 22.6 Å². The van der Waals surface area contributed by atoms with Gasteiger partial charge in [-0.25, -0.2) is 14.4 Å². The Morgan fingerprint density at radius 2 is 1.90 bits per heavy atom. The molecule has 2 aromatic heterocycles. The molecule has 6 rings (SSSR count). The van der Waals surface area contributed by atoms with Crippen molar-refractivity contribution in [3.8, 4) is 28.7 Å². The number of hydrogen-bond acceptors (Lipinski definition) is 6. The van der Waals surface area contributed by atoms with E-state index >= 15 is 4.39 Å². The first-order valence-corrected chi connectivity index (χ1v) is 14.2. The molecule has 0 bridgehead atoms. The van der Waals surface area contributed by atoms with Gasteiger partial charge in [-0.15, -0.1) is 0 Å². The molecule has 206 valence electrons. The maximum absolute atomic E-state index is 15.3. The number of pyridine rings is 1. The number of aromatic nitrogens is 3. The number of benzene rings is 1. The quantitative estimate of drug-likeness (QED) is 0.352. The monoisotopic (exact) mass is 538 g/mol. The number of fused-ring (bicyclic) bond motifs is 3. The first-order valence-electron chi connectivity index (χ1n) is 14.2. The van der Waals surface area contributed by atoms with Crippen molar-refractivity contribution in [3.63, 3.8) is 0 Å². The van der Waals surface area contributed by atoms with E-state index in [2.05, 4.69) is 24.9 Å². The molecule has 3 aliphatic rings. The lowest BCUT2D eigenvalue weighted by Gasteiger charge is -2.61. The Morgan fingerprint density at radius 1 is 1.12 bits per heavy atom. The van der Waals surface area contributed by atoms with E-state index in [1.165, 1.54) is 6.07 Å². The molecule has 1 saturated carbocycles. The fourth-order valence-corrected chi connectivity index (χ4v) is 7.40. The minimum Gasteiger partial charge on any atom is -0.511 e. The summed E-state index contributed by atoms with van der Waals surface area (Å²) in [5, 5.41) is 31.3. The van der Waals surface area contributed by atoms with Crippen molar-refractivity contribution >= 4 is 0 Å². The molecule has 0 saturated heterocycles. The molecule has 3 aliphatic carbocycles. The van der Waals surface area contributed by atoms with Gasteiger partial charge in [-0.1, -0.05) is 32.9 Å². The Labute approximate surface area is 234 Å². The third-order valence-electron chi connectivity index (χ3n) is 10.3. The lowest BCUT2D eigenvalue weighted by atomic mass is 9.42. The fourth-order valence-electron chi connectivity index (χ4n) is 7.40. The third kappa shape index (κ3) is 3.80. The van der Waals surface area contributed by atoms with E-state index in [0.717, 1.165) is 35.4 Å². The van der Waals surface area contributed by atoms with Gasteiger partial charge < -0.3 is 10.2 Å². The predicted molar refractivity (Wildman–Crippen MR) is 151 cm³/mol.